The summed E-state index contributed by atoms with van der Waals surface area (Å²) >= 11 is 1.60. The maximum atomic E-state index is 4.76. The number of fused-ring (bicyclic) bond motifs is 1. The summed E-state index contributed by atoms with van der Waals surface area (Å²) < 4.78 is 3.87. The summed E-state index contributed by atoms with van der Waals surface area (Å²) in [5.41, 5.74) is 1.97. The van der Waals surface area contributed by atoms with Crippen molar-refractivity contribution >= 4 is 16.3 Å². The molecule has 0 aliphatic rings. The first-order valence-electron chi connectivity index (χ1n) is 7.45. The molecule has 116 valence electrons. The molecular formula is C16H16N6S. The first-order chi connectivity index (χ1) is 11.1. The van der Waals surface area contributed by atoms with Gasteiger partial charge in [0.05, 0.1) is 5.69 Å². The maximum absolute atomic E-state index is 4.76. The molecule has 4 aromatic heterocycles. The summed E-state index contributed by atoms with van der Waals surface area (Å²) in [6, 6.07) is 5.78. The Morgan fingerprint density at radius 1 is 1.17 bits per heavy atom. The highest BCUT2D eigenvalue weighted by Crippen LogP contribution is 2.27. The first kappa shape index (κ1) is 14.1. The highest BCUT2D eigenvalue weighted by molar-refractivity contribution is 7.15. The van der Waals surface area contributed by atoms with E-state index < -0.39 is 0 Å². The Bertz CT molecular complexity index is 963. The molecular weight excluding hydrogens is 308 g/mol. The topological polar surface area (TPSA) is 60.9 Å². The van der Waals surface area contributed by atoms with E-state index in [9.17, 15) is 0 Å². The van der Waals surface area contributed by atoms with Gasteiger partial charge in [0, 0.05) is 23.7 Å². The predicted octanol–water partition coefficient (Wildman–Crippen LogP) is 3.47. The van der Waals surface area contributed by atoms with Crippen molar-refractivity contribution in [3.63, 3.8) is 0 Å². The number of thiazole rings is 1. The van der Waals surface area contributed by atoms with Gasteiger partial charge in [-0.2, -0.15) is 4.68 Å². The number of nitrogens with zero attached hydrogens (tertiary/aromatic N) is 6. The van der Waals surface area contributed by atoms with E-state index in [1.807, 2.05) is 36.0 Å². The third-order valence-corrected chi connectivity index (χ3v) is 4.40. The molecule has 6 nitrogen and oxygen atoms in total. The highest BCUT2D eigenvalue weighted by atomic mass is 32.1. The van der Waals surface area contributed by atoms with Crippen LogP contribution in [0.15, 0.2) is 36.0 Å². The van der Waals surface area contributed by atoms with Gasteiger partial charge >= 0.3 is 0 Å². The molecule has 7 heteroatoms. The molecule has 0 saturated carbocycles. The summed E-state index contributed by atoms with van der Waals surface area (Å²) in [5.74, 6) is 2.60. The summed E-state index contributed by atoms with van der Waals surface area (Å²) in [4.78, 5) is 14.6. The van der Waals surface area contributed by atoms with Crippen LogP contribution >= 0.6 is 11.3 Å². The Balaban J connectivity index is 1.96. The first-order valence-corrected chi connectivity index (χ1v) is 8.33. The zero-order valence-electron chi connectivity index (χ0n) is 13.1. The lowest BCUT2D eigenvalue weighted by Gasteiger charge is -2.03. The fourth-order valence-corrected chi connectivity index (χ4v) is 3.33. The van der Waals surface area contributed by atoms with Crippen LogP contribution in [0, 0.1) is 6.92 Å². The smallest absolute Gasteiger partial charge is 0.194 e. The van der Waals surface area contributed by atoms with E-state index in [-0.39, 0.29) is 5.92 Å². The number of hydrogen-bond donors (Lipinski definition) is 0. The van der Waals surface area contributed by atoms with E-state index in [0.29, 0.717) is 0 Å². The summed E-state index contributed by atoms with van der Waals surface area (Å²) in [6.07, 6.45) is 3.79. The number of imidazole rings is 1. The lowest BCUT2D eigenvalue weighted by molar-refractivity contribution is 0.747. The van der Waals surface area contributed by atoms with Crippen molar-refractivity contribution in [2.45, 2.75) is 26.7 Å². The van der Waals surface area contributed by atoms with E-state index in [2.05, 4.69) is 38.7 Å². The molecule has 0 aromatic carbocycles. The Hall–Kier alpha value is -2.54. The normalized spacial score (nSPS) is 11.7. The van der Waals surface area contributed by atoms with Gasteiger partial charge in [-0.05, 0) is 19.1 Å². The molecule has 0 saturated heterocycles. The molecule has 23 heavy (non-hydrogen) atoms. The average molecular weight is 324 g/mol. The minimum absolute atomic E-state index is 0.248. The maximum Gasteiger partial charge on any atom is 0.194 e. The second-order valence-electron chi connectivity index (χ2n) is 5.70. The Kier molecular flexibility index (Phi) is 3.23. The molecule has 0 N–H and O–H groups in total. The largest absolute Gasteiger partial charge is 0.287 e. The third-order valence-electron chi connectivity index (χ3n) is 3.56. The van der Waals surface area contributed by atoms with Gasteiger partial charge in [0.15, 0.2) is 22.4 Å². The van der Waals surface area contributed by atoms with Gasteiger partial charge in [-0.25, -0.2) is 15.0 Å². The van der Waals surface area contributed by atoms with Crippen molar-refractivity contribution in [2.24, 2.45) is 0 Å². The van der Waals surface area contributed by atoms with Crippen LogP contribution in [0.4, 0.5) is 0 Å². The molecule has 4 rings (SSSR count). The van der Waals surface area contributed by atoms with E-state index in [0.717, 1.165) is 33.8 Å². The quantitative estimate of drug-likeness (QED) is 0.579. The van der Waals surface area contributed by atoms with Crippen LogP contribution in [0.3, 0.4) is 0 Å². The molecule has 0 aliphatic heterocycles. The minimum Gasteiger partial charge on any atom is -0.287 e. The van der Waals surface area contributed by atoms with Crippen LogP contribution in [0.2, 0.25) is 0 Å². The fraction of sp³-hybridized carbons (Fsp3) is 0.250. The number of rotatable bonds is 3. The van der Waals surface area contributed by atoms with Gasteiger partial charge in [-0.15, -0.1) is 16.4 Å². The molecule has 0 bridgehead atoms. The summed E-state index contributed by atoms with van der Waals surface area (Å²) in [6.45, 7) is 6.17. The van der Waals surface area contributed by atoms with Crippen molar-refractivity contribution in [2.75, 3.05) is 0 Å². The molecule has 0 radical (unpaired) electrons. The van der Waals surface area contributed by atoms with E-state index >= 15 is 0 Å². The molecule has 0 unspecified atom stereocenters. The minimum atomic E-state index is 0.248. The van der Waals surface area contributed by atoms with Gasteiger partial charge in [-0.1, -0.05) is 19.9 Å². The van der Waals surface area contributed by atoms with Crippen LogP contribution in [0.5, 0.6) is 0 Å². The lowest BCUT2D eigenvalue weighted by Crippen LogP contribution is -2.03. The van der Waals surface area contributed by atoms with Crippen molar-refractivity contribution < 1.29 is 0 Å². The average Bonchev–Trinajstić information content (AvgIpc) is 3.21. The zero-order chi connectivity index (χ0) is 16.0. The van der Waals surface area contributed by atoms with Gasteiger partial charge in [0.2, 0.25) is 0 Å². The van der Waals surface area contributed by atoms with Gasteiger partial charge < -0.3 is 0 Å². The number of aryl methyl sites for hydroxylation is 1. The molecule has 4 aromatic rings. The van der Waals surface area contributed by atoms with Crippen LogP contribution < -0.4 is 0 Å². The summed E-state index contributed by atoms with van der Waals surface area (Å²) in [7, 11) is 0. The number of hydrogen-bond acceptors (Lipinski definition) is 5. The van der Waals surface area contributed by atoms with E-state index in [1.165, 1.54) is 0 Å². The van der Waals surface area contributed by atoms with Crippen LogP contribution in [0.25, 0.3) is 22.3 Å². The molecule has 4 heterocycles. The Morgan fingerprint density at radius 2 is 2.04 bits per heavy atom. The van der Waals surface area contributed by atoms with Crippen molar-refractivity contribution in [3.05, 3.63) is 47.5 Å². The third kappa shape index (κ3) is 2.33. The summed E-state index contributed by atoms with van der Waals surface area (Å²) in [5, 5.41) is 6.73. The second kappa shape index (κ2) is 5.27. The zero-order valence-corrected chi connectivity index (χ0v) is 13.9. The number of pyridine rings is 1. The van der Waals surface area contributed by atoms with Crippen molar-refractivity contribution in [3.8, 4) is 17.3 Å². The predicted molar refractivity (Wildman–Crippen MR) is 90.0 cm³/mol. The van der Waals surface area contributed by atoms with E-state index in [4.69, 9.17) is 4.98 Å². The van der Waals surface area contributed by atoms with Gasteiger partial charge in [-0.3, -0.25) is 4.40 Å². The van der Waals surface area contributed by atoms with Crippen LogP contribution in [-0.2, 0) is 0 Å². The number of aromatic nitrogens is 6. The van der Waals surface area contributed by atoms with Crippen LogP contribution in [-0.4, -0.2) is 29.1 Å². The Morgan fingerprint density at radius 3 is 2.78 bits per heavy atom. The molecule has 0 fully saturated rings. The SMILES string of the molecule is Cc1cn2c(-c3nc(C(C)C)nn3-c3ccccn3)csc2n1. The van der Waals surface area contributed by atoms with E-state index in [1.54, 1.807) is 17.5 Å². The van der Waals surface area contributed by atoms with Crippen molar-refractivity contribution in [1.82, 2.24) is 29.1 Å². The van der Waals surface area contributed by atoms with Gasteiger partial charge in [0.1, 0.15) is 5.69 Å². The van der Waals surface area contributed by atoms with Crippen LogP contribution in [0.1, 0.15) is 31.3 Å². The van der Waals surface area contributed by atoms with Gasteiger partial charge in [0.25, 0.3) is 0 Å². The lowest BCUT2D eigenvalue weighted by atomic mass is 10.2. The molecule has 0 spiro atoms. The molecule has 0 atom stereocenters. The van der Waals surface area contributed by atoms with Crippen molar-refractivity contribution in [1.29, 1.82) is 0 Å². The molecule has 0 aliphatic carbocycles. The Labute approximate surface area is 137 Å². The highest BCUT2D eigenvalue weighted by Gasteiger charge is 2.19. The molecule has 0 amide bonds. The monoisotopic (exact) mass is 324 g/mol. The second-order valence-corrected chi connectivity index (χ2v) is 6.54. The fourth-order valence-electron chi connectivity index (χ4n) is 2.43. The standard InChI is InChI=1S/C16H16N6S/c1-10(2)14-19-15(22(20-14)13-6-4-5-7-17-13)12-9-23-16-18-11(3)8-21(12)16/h4-10H,1-3H3.